The smallest absolute Gasteiger partial charge is 0.232 e. The maximum absolute atomic E-state index is 13.6. The lowest BCUT2D eigenvalue weighted by Gasteiger charge is -2.27. The Balaban J connectivity index is 1.97. The third-order valence-corrected chi connectivity index (χ3v) is 4.35. The minimum atomic E-state index is -0.308. The lowest BCUT2D eigenvalue weighted by atomic mass is 10.3. The van der Waals surface area contributed by atoms with Crippen LogP contribution < -0.4 is 4.90 Å². The van der Waals surface area contributed by atoms with Gasteiger partial charge in [0.25, 0.3) is 0 Å². The van der Waals surface area contributed by atoms with Gasteiger partial charge in [-0.3, -0.25) is 4.57 Å². The molecule has 1 aliphatic heterocycles. The molecule has 1 saturated heterocycles. The molecule has 2 aromatic rings. The van der Waals surface area contributed by atoms with E-state index in [0.717, 1.165) is 13.1 Å². The van der Waals surface area contributed by atoms with E-state index in [1.165, 1.54) is 23.9 Å². The Kier molecular flexibility index (Phi) is 5.10. The lowest BCUT2D eigenvalue weighted by molar-refractivity contribution is 0.122. The molecule has 23 heavy (non-hydrogen) atoms. The molecule has 0 aliphatic carbocycles. The minimum Gasteiger partial charge on any atom is -0.378 e. The summed E-state index contributed by atoms with van der Waals surface area (Å²) in [5, 5.41) is 17.9. The second kappa shape index (κ2) is 7.44. The van der Waals surface area contributed by atoms with Gasteiger partial charge in [0.1, 0.15) is 5.82 Å². The highest BCUT2D eigenvalue weighted by Crippen LogP contribution is 2.27. The van der Waals surface area contributed by atoms with Crippen molar-refractivity contribution < 1.29 is 9.13 Å². The summed E-state index contributed by atoms with van der Waals surface area (Å²) >= 11 is 1.44. The topological polar surface area (TPSA) is 67.0 Å². The van der Waals surface area contributed by atoms with E-state index in [0.29, 0.717) is 42.2 Å². The number of thioether (sulfide) groups is 1. The van der Waals surface area contributed by atoms with Gasteiger partial charge in [0.15, 0.2) is 5.16 Å². The fourth-order valence-corrected chi connectivity index (χ4v) is 3.14. The normalized spacial score (nSPS) is 14.7. The van der Waals surface area contributed by atoms with Crippen LogP contribution in [-0.4, -0.2) is 46.8 Å². The van der Waals surface area contributed by atoms with E-state index >= 15 is 0 Å². The molecule has 0 saturated carbocycles. The predicted octanol–water partition coefficient (Wildman–Crippen LogP) is 2.25. The number of anilines is 1. The Morgan fingerprint density at radius 1 is 1.30 bits per heavy atom. The fraction of sp³-hybridized carbons (Fsp3) is 0.400. The van der Waals surface area contributed by atoms with Crippen LogP contribution in [0.2, 0.25) is 0 Å². The standard InChI is InChI=1S/C15H16FN5OS/c16-12-3-1-4-13(11-12)21-14(20-6-8-22-9-7-20)18-19-15(21)23-10-2-5-17/h1,3-4,11H,2,6-10H2. The molecule has 1 aromatic heterocycles. The molecule has 1 fully saturated rings. The zero-order valence-corrected chi connectivity index (χ0v) is 13.3. The Bertz CT molecular complexity index is 708. The molecule has 8 heteroatoms. The predicted molar refractivity (Wildman–Crippen MR) is 85.3 cm³/mol. The molecular formula is C15H16FN5OS. The summed E-state index contributed by atoms with van der Waals surface area (Å²) in [5.41, 5.74) is 0.677. The largest absolute Gasteiger partial charge is 0.378 e. The minimum absolute atomic E-state index is 0.308. The van der Waals surface area contributed by atoms with Crippen LogP contribution in [0.5, 0.6) is 0 Å². The number of morpholine rings is 1. The van der Waals surface area contributed by atoms with Crippen LogP contribution >= 0.6 is 11.8 Å². The lowest BCUT2D eigenvalue weighted by Crippen LogP contribution is -2.37. The zero-order valence-electron chi connectivity index (χ0n) is 12.5. The van der Waals surface area contributed by atoms with Crippen LogP contribution in [0.25, 0.3) is 5.69 Å². The molecule has 120 valence electrons. The number of halogens is 1. The van der Waals surface area contributed by atoms with Gasteiger partial charge in [-0.2, -0.15) is 5.26 Å². The van der Waals surface area contributed by atoms with Gasteiger partial charge in [-0.05, 0) is 18.2 Å². The fourth-order valence-electron chi connectivity index (χ4n) is 2.35. The second-order valence-electron chi connectivity index (χ2n) is 4.95. The van der Waals surface area contributed by atoms with E-state index in [-0.39, 0.29) is 5.82 Å². The number of nitrogens with zero attached hydrogens (tertiary/aromatic N) is 5. The number of hydrogen-bond donors (Lipinski definition) is 0. The van der Waals surface area contributed by atoms with Crippen molar-refractivity contribution in [3.05, 3.63) is 30.1 Å². The Labute approximate surface area is 137 Å². The first-order valence-electron chi connectivity index (χ1n) is 7.33. The molecule has 0 bridgehead atoms. The summed E-state index contributed by atoms with van der Waals surface area (Å²) in [6, 6.07) is 8.47. The van der Waals surface area contributed by atoms with E-state index < -0.39 is 0 Å². The first-order chi connectivity index (χ1) is 11.3. The van der Waals surface area contributed by atoms with Crippen LogP contribution in [0.4, 0.5) is 10.3 Å². The van der Waals surface area contributed by atoms with Gasteiger partial charge in [0.2, 0.25) is 5.95 Å². The number of ether oxygens (including phenoxy) is 1. The van der Waals surface area contributed by atoms with E-state index in [1.807, 2.05) is 10.6 Å². The van der Waals surface area contributed by atoms with Crippen LogP contribution in [0.3, 0.4) is 0 Å². The summed E-state index contributed by atoms with van der Waals surface area (Å²) in [4.78, 5) is 2.08. The van der Waals surface area contributed by atoms with E-state index in [2.05, 4.69) is 21.2 Å². The highest BCUT2D eigenvalue weighted by Gasteiger charge is 2.21. The number of rotatable bonds is 5. The molecule has 1 aliphatic rings. The number of aromatic nitrogens is 3. The Morgan fingerprint density at radius 3 is 2.87 bits per heavy atom. The third kappa shape index (κ3) is 3.63. The Morgan fingerprint density at radius 2 is 2.13 bits per heavy atom. The number of benzene rings is 1. The molecule has 0 amide bonds. The average molecular weight is 333 g/mol. The molecule has 1 aromatic carbocycles. The van der Waals surface area contributed by atoms with Crippen LogP contribution in [0.15, 0.2) is 29.4 Å². The summed E-state index contributed by atoms with van der Waals surface area (Å²) in [6.45, 7) is 2.70. The van der Waals surface area contributed by atoms with Crippen molar-refractivity contribution in [2.75, 3.05) is 37.0 Å². The van der Waals surface area contributed by atoms with Gasteiger partial charge in [0.05, 0.1) is 25.0 Å². The molecule has 0 N–H and O–H groups in total. The third-order valence-electron chi connectivity index (χ3n) is 3.42. The first-order valence-corrected chi connectivity index (χ1v) is 8.32. The van der Waals surface area contributed by atoms with Crippen molar-refractivity contribution in [3.8, 4) is 11.8 Å². The van der Waals surface area contributed by atoms with Gasteiger partial charge in [-0.25, -0.2) is 4.39 Å². The van der Waals surface area contributed by atoms with Crippen LogP contribution in [0.1, 0.15) is 6.42 Å². The van der Waals surface area contributed by atoms with Crippen molar-refractivity contribution >= 4 is 17.7 Å². The molecule has 2 heterocycles. The van der Waals surface area contributed by atoms with E-state index in [1.54, 1.807) is 6.07 Å². The molecule has 0 unspecified atom stereocenters. The van der Waals surface area contributed by atoms with Gasteiger partial charge in [-0.1, -0.05) is 17.8 Å². The summed E-state index contributed by atoms with van der Waals surface area (Å²) in [7, 11) is 0. The van der Waals surface area contributed by atoms with Gasteiger partial charge in [-0.15, -0.1) is 10.2 Å². The average Bonchev–Trinajstić information content (AvgIpc) is 3.00. The molecule has 0 radical (unpaired) electrons. The van der Waals surface area contributed by atoms with E-state index in [4.69, 9.17) is 10.00 Å². The van der Waals surface area contributed by atoms with Crippen LogP contribution in [0, 0.1) is 17.1 Å². The molecular weight excluding hydrogens is 317 g/mol. The summed E-state index contributed by atoms with van der Waals surface area (Å²) < 4.78 is 20.8. The van der Waals surface area contributed by atoms with E-state index in [9.17, 15) is 4.39 Å². The molecule has 6 nitrogen and oxygen atoms in total. The molecule has 0 atom stereocenters. The highest BCUT2D eigenvalue weighted by atomic mass is 32.2. The summed E-state index contributed by atoms with van der Waals surface area (Å²) in [6.07, 6.45) is 0.424. The Hall–Kier alpha value is -2.11. The SMILES string of the molecule is N#CCCSc1nnc(N2CCOCC2)n1-c1cccc(F)c1. The van der Waals surface area contributed by atoms with Crippen molar-refractivity contribution in [2.24, 2.45) is 0 Å². The zero-order chi connectivity index (χ0) is 16.1. The quantitative estimate of drug-likeness (QED) is 0.617. The second-order valence-corrected chi connectivity index (χ2v) is 6.02. The monoisotopic (exact) mass is 333 g/mol. The number of nitriles is 1. The van der Waals surface area contributed by atoms with Gasteiger partial charge < -0.3 is 9.64 Å². The first kappa shape index (κ1) is 15.8. The van der Waals surface area contributed by atoms with Crippen molar-refractivity contribution in [1.82, 2.24) is 14.8 Å². The van der Waals surface area contributed by atoms with Crippen molar-refractivity contribution in [3.63, 3.8) is 0 Å². The summed E-state index contributed by atoms with van der Waals surface area (Å²) in [5.74, 6) is 0.989. The molecule has 3 rings (SSSR count). The maximum Gasteiger partial charge on any atom is 0.232 e. The molecule has 0 spiro atoms. The van der Waals surface area contributed by atoms with Gasteiger partial charge >= 0.3 is 0 Å². The van der Waals surface area contributed by atoms with Crippen molar-refractivity contribution in [1.29, 1.82) is 5.26 Å². The number of hydrogen-bond acceptors (Lipinski definition) is 6. The maximum atomic E-state index is 13.6. The van der Waals surface area contributed by atoms with Crippen LogP contribution in [-0.2, 0) is 4.74 Å². The van der Waals surface area contributed by atoms with Crippen molar-refractivity contribution in [2.45, 2.75) is 11.6 Å². The van der Waals surface area contributed by atoms with Gasteiger partial charge in [0, 0.05) is 25.3 Å². The highest BCUT2D eigenvalue weighted by molar-refractivity contribution is 7.99.